The van der Waals surface area contributed by atoms with E-state index >= 15 is 0 Å². The molecule has 0 amide bonds. The molecule has 0 bridgehead atoms. The minimum Gasteiger partial charge on any atom is -0.550 e. The third-order valence-corrected chi connectivity index (χ3v) is 2.08. The van der Waals surface area contributed by atoms with Gasteiger partial charge >= 0.3 is 45.5 Å². The average molecular weight is 350 g/mol. The molecule has 0 spiro atoms. The van der Waals surface area contributed by atoms with Gasteiger partial charge in [0.05, 0.1) is 0 Å². The zero-order valence-electron chi connectivity index (χ0n) is 11.3. The molecular weight excluding hydrogens is 328 g/mol. The second-order valence-electron chi connectivity index (χ2n) is 3.81. The fourth-order valence-corrected chi connectivity index (χ4v) is 1.12. The van der Waals surface area contributed by atoms with Crippen LogP contribution in [0.15, 0.2) is 0 Å². The number of hydrogen-bond acceptors (Lipinski definition) is 6. The van der Waals surface area contributed by atoms with Gasteiger partial charge in [0.2, 0.25) is 0 Å². The van der Waals surface area contributed by atoms with E-state index in [0.717, 1.165) is 12.8 Å². The summed E-state index contributed by atoms with van der Waals surface area (Å²) < 4.78 is 0. The molecule has 0 heterocycles. The fraction of sp³-hybridized carbons (Fsp3) is 0.833. The summed E-state index contributed by atoms with van der Waals surface area (Å²) >= 11 is 0. The molecule has 0 unspecified atom stereocenters. The molecular formula is C12H22O6Sr. The first-order chi connectivity index (χ1) is 8.54. The number of rotatable bonds is 10. The fourth-order valence-electron chi connectivity index (χ4n) is 1.12. The van der Waals surface area contributed by atoms with E-state index in [9.17, 15) is 19.8 Å². The molecule has 0 fully saturated rings. The zero-order valence-corrected chi connectivity index (χ0v) is 14.8. The third kappa shape index (κ3) is 32.2. The monoisotopic (exact) mass is 350 g/mol. The van der Waals surface area contributed by atoms with Gasteiger partial charge in [-0.05, 0) is 38.5 Å². The van der Waals surface area contributed by atoms with Crippen LogP contribution < -0.4 is 10.2 Å². The maximum atomic E-state index is 9.79. The SMILES string of the molecule is O=C([O-])CCCCCO.O=C([O-])CCCCCO.[Sr+2]. The van der Waals surface area contributed by atoms with Gasteiger partial charge in [0.1, 0.15) is 0 Å². The average Bonchev–Trinajstić information content (AvgIpc) is 2.31. The summed E-state index contributed by atoms with van der Waals surface area (Å²) in [7, 11) is 0. The number of carbonyl (C=O) groups is 2. The van der Waals surface area contributed by atoms with Crippen molar-refractivity contribution in [3.8, 4) is 0 Å². The molecule has 0 aliphatic rings. The Bertz CT molecular complexity index is 188. The second kappa shape index (κ2) is 20.7. The Morgan fingerprint density at radius 3 is 1.21 bits per heavy atom. The topological polar surface area (TPSA) is 121 Å². The van der Waals surface area contributed by atoms with Crippen LogP contribution >= 0.6 is 0 Å². The second-order valence-corrected chi connectivity index (χ2v) is 3.81. The van der Waals surface area contributed by atoms with Gasteiger partial charge in [-0.3, -0.25) is 0 Å². The summed E-state index contributed by atoms with van der Waals surface area (Å²) in [5, 5.41) is 36.1. The normalized spacial score (nSPS) is 8.95. The molecule has 6 nitrogen and oxygen atoms in total. The van der Waals surface area contributed by atoms with Crippen LogP contribution in [0.2, 0.25) is 0 Å². The van der Waals surface area contributed by atoms with Gasteiger partial charge in [0.15, 0.2) is 0 Å². The Labute approximate surface area is 151 Å². The Morgan fingerprint density at radius 2 is 1.00 bits per heavy atom. The summed E-state index contributed by atoms with van der Waals surface area (Å²) in [6.45, 7) is 0.292. The van der Waals surface area contributed by atoms with Crippen molar-refractivity contribution >= 4 is 57.4 Å². The van der Waals surface area contributed by atoms with Crippen molar-refractivity contribution in [3.63, 3.8) is 0 Å². The molecule has 2 N–H and O–H groups in total. The Hall–Kier alpha value is 0.341. The molecule has 0 rings (SSSR count). The van der Waals surface area contributed by atoms with Crippen molar-refractivity contribution in [1.82, 2.24) is 0 Å². The Kier molecular flexibility index (Phi) is 26.5. The molecule has 0 aromatic carbocycles. The number of carboxylic acid groups (broad SMARTS) is 2. The quantitative estimate of drug-likeness (QED) is 0.354. The summed E-state index contributed by atoms with van der Waals surface area (Å²) in [6.07, 6.45) is 4.36. The zero-order chi connectivity index (χ0) is 14.2. The van der Waals surface area contributed by atoms with Crippen LogP contribution in [0.5, 0.6) is 0 Å². The first kappa shape index (κ1) is 24.4. The standard InChI is InChI=1S/2C6H12O3.Sr/c2*7-5-3-1-2-4-6(8)9;/h2*7H,1-5H2,(H,8,9);/q;;+2/p-2. The van der Waals surface area contributed by atoms with Crippen molar-refractivity contribution in [2.75, 3.05) is 13.2 Å². The van der Waals surface area contributed by atoms with Crippen molar-refractivity contribution in [2.24, 2.45) is 0 Å². The minimum atomic E-state index is -1.01. The van der Waals surface area contributed by atoms with Gasteiger partial charge in [0, 0.05) is 25.2 Å². The molecule has 0 aromatic rings. The van der Waals surface area contributed by atoms with Crippen molar-refractivity contribution in [1.29, 1.82) is 0 Å². The van der Waals surface area contributed by atoms with Crippen LogP contribution in [0.3, 0.4) is 0 Å². The number of aliphatic hydroxyl groups is 2. The van der Waals surface area contributed by atoms with E-state index in [4.69, 9.17) is 10.2 Å². The molecule has 0 saturated heterocycles. The molecule has 0 aliphatic carbocycles. The molecule has 0 saturated carbocycles. The molecule has 0 radical (unpaired) electrons. The smallest absolute Gasteiger partial charge is 0.550 e. The van der Waals surface area contributed by atoms with Gasteiger partial charge in [-0.15, -0.1) is 0 Å². The summed E-state index contributed by atoms with van der Waals surface area (Å²) in [5.41, 5.74) is 0. The van der Waals surface area contributed by atoms with E-state index < -0.39 is 11.9 Å². The molecule has 0 aromatic heterocycles. The third-order valence-electron chi connectivity index (χ3n) is 2.08. The molecule has 108 valence electrons. The minimum absolute atomic E-state index is 0. The Morgan fingerprint density at radius 1 is 0.684 bits per heavy atom. The molecule has 0 aliphatic heterocycles. The predicted molar refractivity (Wildman–Crippen MR) is 66.9 cm³/mol. The first-order valence-electron chi connectivity index (χ1n) is 6.16. The van der Waals surface area contributed by atoms with Crippen LogP contribution in [-0.2, 0) is 9.59 Å². The number of hydrogen-bond donors (Lipinski definition) is 2. The van der Waals surface area contributed by atoms with E-state index in [0.29, 0.717) is 25.7 Å². The van der Waals surface area contributed by atoms with E-state index in [2.05, 4.69) is 0 Å². The van der Waals surface area contributed by atoms with Crippen LogP contribution in [-0.4, -0.2) is 80.8 Å². The largest absolute Gasteiger partial charge is 2.00 e. The van der Waals surface area contributed by atoms with E-state index in [1.54, 1.807) is 0 Å². The predicted octanol–water partition coefficient (Wildman–Crippen LogP) is -1.80. The maximum Gasteiger partial charge on any atom is 2.00 e. The van der Waals surface area contributed by atoms with Gasteiger partial charge < -0.3 is 30.0 Å². The van der Waals surface area contributed by atoms with Gasteiger partial charge in [0.25, 0.3) is 0 Å². The number of unbranched alkanes of at least 4 members (excludes halogenated alkanes) is 4. The van der Waals surface area contributed by atoms with E-state index in [1.165, 1.54) is 0 Å². The molecule has 0 atom stereocenters. The van der Waals surface area contributed by atoms with Crippen molar-refractivity contribution < 1.29 is 30.0 Å². The number of carbonyl (C=O) groups excluding carboxylic acids is 2. The van der Waals surface area contributed by atoms with Gasteiger partial charge in [-0.1, -0.05) is 12.8 Å². The van der Waals surface area contributed by atoms with Gasteiger partial charge in [-0.2, -0.15) is 0 Å². The van der Waals surface area contributed by atoms with Crippen molar-refractivity contribution in [2.45, 2.75) is 51.4 Å². The van der Waals surface area contributed by atoms with Gasteiger partial charge in [-0.25, -0.2) is 0 Å². The van der Waals surface area contributed by atoms with Crippen LogP contribution in [0.1, 0.15) is 51.4 Å². The molecule has 19 heavy (non-hydrogen) atoms. The number of aliphatic carboxylic acids is 2. The van der Waals surface area contributed by atoms with E-state index in [1.807, 2.05) is 0 Å². The van der Waals surface area contributed by atoms with Crippen LogP contribution in [0, 0.1) is 0 Å². The van der Waals surface area contributed by atoms with Crippen LogP contribution in [0.4, 0.5) is 0 Å². The van der Waals surface area contributed by atoms with Crippen molar-refractivity contribution in [3.05, 3.63) is 0 Å². The van der Waals surface area contributed by atoms with E-state index in [-0.39, 0.29) is 71.5 Å². The summed E-state index contributed by atoms with van der Waals surface area (Å²) in [6, 6.07) is 0. The maximum absolute atomic E-state index is 9.79. The Balaban J connectivity index is -0.000000256. The first-order valence-corrected chi connectivity index (χ1v) is 6.16. The summed E-state index contributed by atoms with van der Waals surface area (Å²) in [5.74, 6) is -2.01. The van der Waals surface area contributed by atoms with Crippen LogP contribution in [0.25, 0.3) is 0 Å². The number of carboxylic acids is 2. The number of aliphatic hydroxyl groups excluding tert-OH is 2. The molecule has 7 heteroatoms. The summed E-state index contributed by atoms with van der Waals surface area (Å²) in [4.78, 5) is 19.6.